The van der Waals surface area contributed by atoms with Gasteiger partial charge in [0.1, 0.15) is 0 Å². The molecule has 2 rings (SSSR count). The van der Waals surface area contributed by atoms with E-state index in [1.807, 2.05) is 50.4 Å². The number of rotatable bonds is 6. The Kier molecular flexibility index (Phi) is 7.21. The van der Waals surface area contributed by atoms with E-state index >= 15 is 0 Å². The number of aliphatic imine (C=N–C) groups is 1. The third-order valence-corrected chi connectivity index (χ3v) is 4.22. The quantitative estimate of drug-likeness (QED) is 0.477. The highest BCUT2D eigenvalue weighted by Gasteiger charge is 2.08. The highest BCUT2D eigenvalue weighted by atomic mass is 16.1. The first-order valence-corrected chi connectivity index (χ1v) is 8.82. The lowest BCUT2D eigenvalue weighted by Crippen LogP contribution is -2.42. The Morgan fingerprint density at radius 2 is 1.77 bits per heavy atom. The number of carbonyl (C=O) groups is 1. The Bertz CT molecular complexity index is 770. The summed E-state index contributed by atoms with van der Waals surface area (Å²) in [6, 6.07) is 15.9. The Morgan fingerprint density at radius 1 is 1.04 bits per heavy atom. The van der Waals surface area contributed by atoms with Gasteiger partial charge >= 0.3 is 0 Å². The van der Waals surface area contributed by atoms with Gasteiger partial charge in [-0.1, -0.05) is 42.0 Å². The Labute approximate surface area is 156 Å². The highest BCUT2D eigenvalue weighted by molar-refractivity contribution is 5.94. The second-order valence-corrected chi connectivity index (χ2v) is 6.38. The molecule has 26 heavy (non-hydrogen) atoms. The van der Waals surface area contributed by atoms with Crippen molar-refractivity contribution in [3.63, 3.8) is 0 Å². The first kappa shape index (κ1) is 19.5. The normalized spacial score (nSPS) is 11.2. The van der Waals surface area contributed by atoms with Crippen LogP contribution in [0.25, 0.3) is 0 Å². The molecule has 0 radical (unpaired) electrons. The molecule has 0 aliphatic heterocycles. The number of benzene rings is 2. The Hall–Kier alpha value is -2.82. The van der Waals surface area contributed by atoms with E-state index in [-0.39, 0.29) is 5.91 Å². The van der Waals surface area contributed by atoms with Crippen LogP contribution in [0.4, 0.5) is 0 Å². The summed E-state index contributed by atoms with van der Waals surface area (Å²) >= 11 is 0. The number of nitrogens with one attached hydrogen (secondary N) is 2. The number of nitrogens with zero attached hydrogens (tertiary/aromatic N) is 2. The second-order valence-electron chi connectivity index (χ2n) is 6.38. The van der Waals surface area contributed by atoms with E-state index in [4.69, 9.17) is 0 Å². The van der Waals surface area contributed by atoms with Gasteiger partial charge in [-0.05, 0) is 37.1 Å². The first-order valence-electron chi connectivity index (χ1n) is 8.82. The van der Waals surface area contributed by atoms with E-state index in [0.29, 0.717) is 18.7 Å². The molecule has 0 aromatic heterocycles. The molecule has 5 nitrogen and oxygen atoms in total. The zero-order chi connectivity index (χ0) is 18.9. The molecule has 0 aliphatic rings. The van der Waals surface area contributed by atoms with Crippen LogP contribution in [-0.4, -0.2) is 44.0 Å². The summed E-state index contributed by atoms with van der Waals surface area (Å²) in [5.41, 5.74) is 4.30. The molecule has 138 valence electrons. The molecule has 2 N–H and O–H groups in total. The van der Waals surface area contributed by atoms with Crippen LogP contribution in [0.2, 0.25) is 0 Å². The molecule has 0 aliphatic carbocycles. The third kappa shape index (κ3) is 5.62. The van der Waals surface area contributed by atoms with E-state index in [1.54, 1.807) is 7.05 Å². The predicted molar refractivity (Wildman–Crippen MR) is 108 cm³/mol. The first-order chi connectivity index (χ1) is 12.5. The van der Waals surface area contributed by atoms with Crippen molar-refractivity contribution in [1.29, 1.82) is 0 Å². The fraction of sp³-hybridized carbons (Fsp3) is 0.333. The van der Waals surface area contributed by atoms with Crippen molar-refractivity contribution in [3.05, 3.63) is 70.8 Å². The number of carbonyl (C=O) groups excluding carboxylic acids is 1. The molecule has 0 atom stereocenters. The van der Waals surface area contributed by atoms with Crippen molar-refractivity contribution >= 4 is 11.9 Å². The van der Waals surface area contributed by atoms with Crippen LogP contribution in [0.15, 0.2) is 53.5 Å². The van der Waals surface area contributed by atoms with Crippen molar-refractivity contribution in [3.8, 4) is 0 Å². The van der Waals surface area contributed by atoms with Crippen LogP contribution in [0.1, 0.15) is 27.0 Å². The molecular weight excluding hydrogens is 324 g/mol. The average molecular weight is 352 g/mol. The molecule has 0 bridgehead atoms. The SMILES string of the molecule is CN=C(NCCNC(=O)c1cccc(C)c1)N(C)Cc1ccccc1C. The maximum Gasteiger partial charge on any atom is 0.251 e. The topological polar surface area (TPSA) is 56.7 Å². The summed E-state index contributed by atoms with van der Waals surface area (Å²) in [5, 5.41) is 6.22. The van der Waals surface area contributed by atoms with Crippen molar-refractivity contribution in [1.82, 2.24) is 15.5 Å². The molecule has 0 saturated carbocycles. The molecule has 5 heteroatoms. The number of guanidine groups is 1. The maximum atomic E-state index is 12.1. The molecular formula is C21H28N4O. The van der Waals surface area contributed by atoms with Crippen molar-refractivity contribution in [2.24, 2.45) is 4.99 Å². The van der Waals surface area contributed by atoms with Crippen molar-refractivity contribution in [2.45, 2.75) is 20.4 Å². The minimum absolute atomic E-state index is 0.0567. The smallest absolute Gasteiger partial charge is 0.251 e. The molecule has 0 heterocycles. The van der Waals surface area contributed by atoms with E-state index in [1.165, 1.54) is 11.1 Å². The van der Waals surface area contributed by atoms with Crippen LogP contribution in [0.5, 0.6) is 0 Å². The molecule has 1 amide bonds. The van der Waals surface area contributed by atoms with Gasteiger partial charge in [0.2, 0.25) is 0 Å². The van der Waals surface area contributed by atoms with Gasteiger partial charge in [0.15, 0.2) is 5.96 Å². The Balaban J connectivity index is 1.80. The summed E-state index contributed by atoms with van der Waals surface area (Å²) in [6.45, 7) is 6.02. The van der Waals surface area contributed by atoms with E-state index < -0.39 is 0 Å². The molecule has 0 unspecified atom stereocenters. The summed E-state index contributed by atoms with van der Waals surface area (Å²) in [5.74, 6) is 0.747. The average Bonchev–Trinajstić information content (AvgIpc) is 2.63. The number of hydrogen-bond donors (Lipinski definition) is 2. The predicted octanol–water partition coefficient (Wildman–Crippen LogP) is 2.74. The summed E-state index contributed by atoms with van der Waals surface area (Å²) in [4.78, 5) is 18.5. The standard InChI is InChI=1S/C21H28N4O/c1-16-8-7-11-18(14-16)20(26)23-12-13-24-21(22-3)25(4)15-19-10-6-5-9-17(19)2/h5-11,14H,12-13,15H2,1-4H3,(H,22,24)(H,23,26). The van der Waals surface area contributed by atoms with Gasteiger partial charge in [0.25, 0.3) is 5.91 Å². The fourth-order valence-corrected chi connectivity index (χ4v) is 2.74. The van der Waals surface area contributed by atoms with Gasteiger partial charge in [-0.15, -0.1) is 0 Å². The van der Waals surface area contributed by atoms with Crippen LogP contribution in [0.3, 0.4) is 0 Å². The number of aryl methyl sites for hydroxylation is 2. The van der Waals surface area contributed by atoms with Gasteiger partial charge in [-0.3, -0.25) is 9.79 Å². The second kappa shape index (κ2) is 9.61. The summed E-state index contributed by atoms with van der Waals surface area (Å²) < 4.78 is 0. The van der Waals surface area contributed by atoms with Gasteiger partial charge in [0, 0.05) is 39.3 Å². The van der Waals surface area contributed by atoms with E-state index in [2.05, 4.69) is 39.6 Å². The van der Waals surface area contributed by atoms with Gasteiger partial charge < -0.3 is 15.5 Å². The van der Waals surface area contributed by atoms with Crippen molar-refractivity contribution < 1.29 is 4.79 Å². The number of hydrogen-bond acceptors (Lipinski definition) is 2. The highest BCUT2D eigenvalue weighted by Crippen LogP contribution is 2.09. The lowest BCUT2D eigenvalue weighted by Gasteiger charge is -2.23. The minimum atomic E-state index is -0.0567. The lowest BCUT2D eigenvalue weighted by atomic mass is 10.1. The van der Waals surface area contributed by atoms with Crippen molar-refractivity contribution in [2.75, 3.05) is 27.2 Å². The fourth-order valence-electron chi connectivity index (χ4n) is 2.74. The minimum Gasteiger partial charge on any atom is -0.354 e. The largest absolute Gasteiger partial charge is 0.354 e. The van der Waals surface area contributed by atoms with Crippen LogP contribution in [-0.2, 0) is 6.54 Å². The maximum absolute atomic E-state index is 12.1. The van der Waals surface area contributed by atoms with E-state index in [0.717, 1.165) is 18.1 Å². The van der Waals surface area contributed by atoms with Gasteiger partial charge in [-0.2, -0.15) is 0 Å². The molecule has 2 aromatic carbocycles. The lowest BCUT2D eigenvalue weighted by molar-refractivity contribution is 0.0954. The molecule has 0 spiro atoms. The third-order valence-electron chi connectivity index (χ3n) is 4.22. The zero-order valence-electron chi connectivity index (χ0n) is 16.0. The molecule has 0 fully saturated rings. The van der Waals surface area contributed by atoms with Crippen LogP contribution in [0, 0.1) is 13.8 Å². The van der Waals surface area contributed by atoms with Gasteiger partial charge in [0.05, 0.1) is 0 Å². The Morgan fingerprint density at radius 3 is 2.46 bits per heavy atom. The van der Waals surface area contributed by atoms with Crippen LogP contribution >= 0.6 is 0 Å². The summed E-state index contributed by atoms with van der Waals surface area (Å²) in [6.07, 6.45) is 0. The molecule has 2 aromatic rings. The van der Waals surface area contributed by atoms with Crippen LogP contribution < -0.4 is 10.6 Å². The molecule has 0 saturated heterocycles. The zero-order valence-corrected chi connectivity index (χ0v) is 16.0. The summed E-state index contributed by atoms with van der Waals surface area (Å²) in [7, 11) is 3.77. The number of amides is 1. The monoisotopic (exact) mass is 352 g/mol. The van der Waals surface area contributed by atoms with E-state index in [9.17, 15) is 4.79 Å². The van der Waals surface area contributed by atoms with Gasteiger partial charge in [-0.25, -0.2) is 0 Å².